The zero-order chi connectivity index (χ0) is 21.7. The van der Waals surface area contributed by atoms with Gasteiger partial charge in [-0.1, -0.05) is 76.6 Å². The highest BCUT2D eigenvalue weighted by Crippen LogP contribution is 2.21. The predicted octanol–water partition coefficient (Wildman–Crippen LogP) is 4.26. The van der Waals surface area contributed by atoms with Gasteiger partial charge in [0, 0.05) is 11.9 Å². The fraction of sp³-hybridized carbons (Fsp3) is 0.333. The number of aryl methyl sites for hydroxylation is 1. The molecule has 156 valence electrons. The second-order valence-electron chi connectivity index (χ2n) is 8.35. The van der Waals surface area contributed by atoms with E-state index in [0.29, 0.717) is 17.3 Å². The molecule has 0 atom stereocenters. The molecular weight excluding hydrogens is 376 g/mol. The van der Waals surface area contributed by atoms with Crippen molar-refractivity contribution in [1.82, 2.24) is 15.2 Å². The van der Waals surface area contributed by atoms with Crippen LogP contribution < -0.4 is 11.0 Å². The number of amides is 1. The average Bonchev–Trinajstić information content (AvgIpc) is 2.73. The molecule has 0 saturated carbocycles. The van der Waals surface area contributed by atoms with Crippen LogP contribution in [0.15, 0.2) is 58.4 Å². The number of carbonyl (C=O) groups is 1. The smallest absolute Gasteiger partial charge is 0.267 e. The molecule has 0 aliphatic carbocycles. The summed E-state index contributed by atoms with van der Waals surface area (Å²) in [6.07, 6.45) is 3.34. The second-order valence-corrected chi connectivity index (χ2v) is 8.35. The third-order valence-corrected chi connectivity index (χ3v) is 4.96. The van der Waals surface area contributed by atoms with Crippen molar-refractivity contribution < 1.29 is 4.79 Å². The number of hydrazone groups is 1. The van der Waals surface area contributed by atoms with Crippen molar-refractivity contribution in [1.29, 1.82) is 0 Å². The van der Waals surface area contributed by atoms with Gasteiger partial charge >= 0.3 is 0 Å². The molecule has 1 aromatic heterocycles. The largest absolute Gasteiger partial charge is 0.292 e. The molecule has 0 unspecified atom stereocenters. The van der Waals surface area contributed by atoms with Gasteiger partial charge < -0.3 is 0 Å². The van der Waals surface area contributed by atoms with Crippen LogP contribution in [0.5, 0.6) is 0 Å². The topological polar surface area (TPSA) is 76.3 Å². The van der Waals surface area contributed by atoms with Crippen molar-refractivity contribution in [3.8, 4) is 0 Å². The van der Waals surface area contributed by atoms with Crippen LogP contribution >= 0.6 is 0 Å². The van der Waals surface area contributed by atoms with Crippen LogP contribution in [-0.4, -0.2) is 21.9 Å². The highest BCUT2D eigenvalue weighted by molar-refractivity contribution is 6.04. The number of benzene rings is 2. The van der Waals surface area contributed by atoms with Crippen molar-refractivity contribution in [2.24, 2.45) is 5.10 Å². The Morgan fingerprint density at radius 1 is 1.10 bits per heavy atom. The quantitative estimate of drug-likeness (QED) is 0.493. The van der Waals surface area contributed by atoms with E-state index in [1.165, 1.54) is 10.2 Å². The summed E-state index contributed by atoms with van der Waals surface area (Å²) in [5.74, 6) is -0.445. The van der Waals surface area contributed by atoms with Crippen LogP contribution in [0, 0.1) is 0 Å². The minimum atomic E-state index is -0.445. The Hall–Kier alpha value is -3.28. The summed E-state index contributed by atoms with van der Waals surface area (Å²) in [5.41, 5.74) is 4.75. The Bertz CT molecular complexity index is 1120. The zero-order valence-electron chi connectivity index (χ0n) is 18.0. The number of unbranched alkanes of at least 4 members (excludes halogenated alkanes) is 1. The van der Waals surface area contributed by atoms with E-state index in [4.69, 9.17) is 0 Å². The van der Waals surface area contributed by atoms with Gasteiger partial charge in [0.2, 0.25) is 0 Å². The third kappa shape index (κ3) is 4.82. The highest BCUT2D eigenvalue weighted by atomic mass is 16.2. The van der Waals surface area contributed by atoms with Gasteiger partial charge in [0.25, 0.3) is 11.5 Å². The predicted molar refractivity (Wildman–Crippen MR) is 121 cm³/mol. The molecule has 0 spiro atoms. The van der Waals surface area contributed by atoms with Gasteiger partial charge in [-0.15, -0.1) is 0 Å². The molecule has 0 saturated heterocycles. The maximum Gasteiger partial charge on any atom is 0.292 e. The van der Waals surface area contributed by atoms with E-state index in [-0.39, 0.29) is 16.7 Å². The molecule has 0 aliphatic heterocycles. The molecule has 6 heteroatoms. The van der Waals surface area contributed by atoms with E-state index in [1.807, 2.05) is 19.1 Å². The van der Waals surface area contributed by atoms with Crippen molar-refractivity contribution in [2.75, 3.05) is 0 Å². The lowest BCUT2D eigenvalue weighted by Crippen LogP contribution is -2.29. The Morgan fingerprint density at radius 2 is 1.77 bits per heavy atom. The summed E-state index contributed by atoms with van der Waals surface area (Å²) in [7, 11) is 0. The molecule has 30 heavy (non-hydrogen) atoms. The number of carbonyl (C=O) groups excluding carboxylic acids is 1. The van der Waals surface area contributed by atoms with E-state index in [2.05, 4.69) is 48.5 Å². The number of hydrogen-bond donors (Lipinski definition) is 1. The normalized spacial score (nSPS) is 11.9. The van der Waals surface area contributed by atoms with E-state index >= 15 is 0 Å². The lowest BCUT2D eigenvalue weighted by Gasteiger charge is -2.18. The van der Waals surface area contributed by atoms with Crippen molar-refractivity contribution in [2.45, 2.75) is 52.5 Å². The fourth-order valence-electron chi connectivity index (χ4n) is 3.15. The molecular formula is C24H28N4O2. The summed E-state index contributed by atoms with van der Waals surface area (Å²) < 4.78 is 1.37. The van der Waals surface area contributed by atoms with Gasteiger partial charge in [0.1, 0.15) is 0 Å². The molecule has 3 aromatic rings. The number of nitrogens with one attached hydrogen (secondary N) is 1. The molecule has 1 amide bonds. The lowest BCUT2D eigenvalue weighted by atomic mass is 9.87. The molecule has 0 radical (unpaired) electrons. The lowest BCUT2D eigenvalue weighted by molar-refractivity contribution is 0.0949. The van der Waals surface area contributed by atoms with Gasteiger partial charge in [0.05, 0.1) is 11.6 Å². The molecule has 0 bridgehead atoms. The Kier molecular flexibility index (Phi) is 6.45. The number of aromatic nitrogens is 2. The molecule has 6 nitrogen and oxygen atoms in total. The first-order chi connectivity index (χ1) is 14.3. The van der Waals surface area contributed by atoms with E-state index in [0.717, 1.165) is 18.4 Å². The number of nitrogens with zero attached hydrogens (tertiary/aromatic N) is 3. The maximum atomic E-state index is 12.8. The summed E-state index contributed by atoms with van der Waals surface area (Å²) in [4.78, 5) is 25.4. The van der Waals surface area contributed by atoms with Crippen molar-refractivity contribution >= 4 is 22.9 Å². The number of rotatable bonds is 6. The van der Waals surface area contributed by atoms with Gasteiger partial charge in [-0.05, 0) is 29.0 Å². The van der Waals surface area contributed by atoms with Gasteiger partial charge in [-0.3, -0.25) is 9.59 Å². The minimum absolute atomic E-state index is 0.0808. The third-order valence-electron chi connectivity index (χ3n) is 4.96. The molecule has 1 N–H and O–H groups in total. The number of hydrogen-bond acceptors (Lipinski definition) is 4. The molecule has 0 fully saturated rings. The van der Waals surface area contributed by atoms with Crippen LogP contribution in [0.4, 0.5) is 0 Å². The summed E-state index contributed by atoms with van der Waals surface area (Å²) >= 11 is 0. The van der Waals surface area contributed by atoms with Crippen LogP contribution in [-0.2, 0) is 12.0 Å². The van der Waals surface area contributed by atoms with E-state index in [1.54, 1.807) is 30.5 Å². The molecule has 1 heterocycles. The van der Waals surface area contributed by atoms with Gasteiger partial charge in [0.15, 0.2) is 5.69 Å². The highest BCUT2D eigenvalue weighted by Gasteiger charge is 2.16. The van der Waals surface area contributed by atoms with Crippen molar-refractivity contribution in [3.63, 3.8) is 0 Å². The zero-order valence-corrected chi connectivity index (χ0v) is 18.0. The minimum Gasteiger partial charge on any atom is -0.267 e. The maximum absolute atomic E-state index is 12.8. The van der Waals surface area contributed by atoms with Crippen LogP contribution in [0.2, 0.25) is 0 Å². The van der Waals surface area contributed by atoms with Gasteiger partial charge in [-0.2, -0.15) is 10.2 Å². The molecule has 3 rings (SSSR count). The Morgan fingerprint density at radius 3 is 2.40 bits per heavy atom. The molecule has 0 aliphatic rings. The van der Waals surface area contributed by atoms with E-state index in [9.17, 15) is 9.59 Å². The first kappa shape index (κ1) is 21.4. The van der Waals surface area contributed by atoms with E-state index < -0.39 is 5.91 Å². The second kappa shape index (κ2) is 9.03. The first-order valence-electron chi connectivity index (χ1n) is 10.2. The summed E-state index contributed by atoms with van der Waals surface area (Å²) in [6, 6.07) is 15.1. The first-order valence-corrected chi connectivity index (χ1v) is 10.2. The SMILES string of the molecule is CCCCn1nc(C(=O)N/N=C/c2ccc(C(C)(C)C)cc2)c2ccccc2c1=O. The Labute approximate surface area is 176 Å². The summed E-state index contributed by atoms with van der Waals surface area (Å²) in [5, 5.41) is 9.41. The van der Waals surface area contributed by atoms with Crippen LogP contribution in [0.25, 0.3) is 10.8 Å². The Balaban J connectivity index is 1.83. The van der Waals surface area contributed by atoms with Gasteiger partial charge in [-0.25, -0.2) is 10.1 Å². The average molecular weight is 405 g/mol. The van der Waals surface area contributed by atoms with Crippen molar-refractivity contribution in [3.05, 3.63) is 75.7 Å². The number of fused-ring (bicyclic) bond motifs is 1. The van der Waals surface area contributed by atoms with Crippen LogP contribution in [0.1, 0.15) is 62.2 Å². The standard InChI is InChI=1S/C24H28N4O2/c1-5-6-15-28-23(30)20-10-8-7-9-19(20)21(27-28)22(29)26-25-16-17-11-13-18(14-12-17)24(2,3)4/h7-14,16H,5-6,15H2,1-4H3,(H,26,29)/b25-16+. The monoisotopic (exact) mass is 404 g/mol. The summed E-state index contributed by atoms with van der Waals surface area (Å²) in [6.45, 7) is 9.00. The fourth-order valence-corrected chi connectivity index (χ4v) is 3.15. The molecule has 2 aromatic carbocycles. The van der Waals surface area contributed by atoms with Crippen LogP contribution in [0.3, 0.4) is 0 Å².